The zero-order valence-electron chi connectivity index (χ0n) is 17.0. The van der Waals surface area contributed by atoms with E-state index < -0.39 is 29.2 Å². The number of amides is 1. The first-order valence-corrected chi connectivity index (χ1v) is 9.26. The molecule has 0 aliphatic heterocycles. The fraction of sp³-hybridized carbons (Fsp3) is 0.286. The molecular formula is C21H20F3N3O4. The van der Waals surface area contributed by atoms with Crippen LogP contribution in [-0.2, 0) is 17.5 Å². The molecule has 1 amide bonds. The highest BCUT2D eigenvalue weighted by Gasteiger charge is 2.34. The first kappa shape index (κ1) is 22.1. The molecule has 3 rings (SSSR count). The zero-order chi connectivity index (χ0) is 22.8. The summed E-state index contributed by atoms with van der Waals surface area (Å²) in [7, 11) is 0. The van der Waals surface area contributed by atoms with Crippen LogP contribution in [0, 0.1) is 0 Å². The van der Waals surface area contributed by atoms with Crippen LogP contribution in [0.5, 0.6) is 0 Å². The molecule has 0 saturated carbocycles. The van der Waals surface area contributed by atoms with Crippen LogP contribution >= 0.6 is 0 Å². The van der Waals surface area contributed by atoms with Crippen LogP contribution in [-0.4, -0.2) is 21.9 Å². The van der Waals surface area contributed by atoms with Crippen molar-refractivity contribution in [3.05, 3.63) is 64.1 Å². The summed E-state index contributed by atoms with van der Waals surface area (Å²) in [6.07, 6.45) is -5.18. The van der Waals surface area contributed by atoms with Crippen LogP contribution < -0.4 is 11.1 Å². The molecule has 1 heterocycles. The quantitative estimate of drug-likeness (QED) is 0.617. The van der Waals surface area contributed by atoms with Crippen molar-refractivity contribution < 1.29 is 27.1 Å². The maximum Gasteiger partial charge on any atom is 0.434 e. The van der Waals surface area contributed by atoms with Crippen LogP contribution in [0.25, 0.3) is 22.6 Å². The highest BCUT2D eigenvalue weighted by Crippen LogP contribution is 2.39. The molecule has 0 aliphatic carbocycles. The summed E-state index contributed by atoms with van der Waals surface area (Å²) < 4.78 is 50.6. The zero-order valence-corrected chi connectivity index (χ0v) is 17.0. The number of alkyl halides is 3. The van der Waals surface area contributed by atoms with E-state index in [9.17, 15) is 22.8 Å². The average molecular weight is 435 g/mol. The van der Waals surface area contributed by atoms with E-state index in [2.05, 4.69) is 15.5 Å². The van der Waals surface area contributed by atoms with Gasteiger partial charge in [-0.3, -0.25) is 0 Å². The van der Waals surface area contributed by atoms with Crippen LogP contribution in [0.4, 0.5) is 18.0 Å². The SMILES string of the molecule is CC(C)(C)OC(=O)NCc1ccc(-c2cc(-c3n[nH]c(=O)o3)ccc2C(F)(F)F)cc1. The lowest BCUT2D eigenvalue weighted by atomic mass is 9.96. The topological polar surface area (TPSA) is 97.2 Å². The summed E-state index contributed by atoms with van der Waals surface area (Å²) in [4.78, 5) is 22.9. The largest absolute Gasteiger partial charge is 0.444 e. The number of alkyl carbamates (subject to hydrolysis) is 1. The van der Waals surface area contributed by atoms with E-state index >= 15 is 0 Å². The summed E-state index contributed by atoms with van der Waals surface area (Å²) in [6.45, 7) is 5.37. The van der Waals surface area contributed by atoms with Crippen LogP contribution in [0.3, 0.4) is 0 Å². The first-order valence-electron chi connectivity index (χ1n) is 9.26. The molecule has 0 saturated heterocycles. The molecule has 0 atom stereocenters. The monoisotopic (exact) mass is 435 g/mol. The van der Waals surface area contributed by atoms with Crippen molar-refractivity contribution in [2.24, 2.45) is 0 Å². The van der Waals surface area contributed by atoms with Gasteiger partial charge in [-0.2, -0.15) is 13.2 Å². The van der Waals surface area contributed by atoms with Gasteiger partial charge in [-0.1, -0.05) is 24.3 Å². The van der Waals surface area contributed by atoms with Gasteiger partial charge in [0.15, 0.2) is 0 Å². The third-order valence-corrected chi connectivity index (χ3v) is 4.11. The molecule has 164 valence electrons. The molecule has 0 unspecified atom stereocenters. The molecule has 0 radical (unpaired) electrons. The third kappa shape index (κ3) is 5.74. The van der Waals surface area contributed by atoms with Gasteiger partial charge in [0.1, 0.15) is 5.60 Å². The Hall–Kier alpha value is -3.56. The van der Waals surface area contributed by atoms with E-state index in [-0.39, 0.29) is 23.6 Å². The Morgan fingerprint density at radius 2 is 1.74 bits per heavy atom. The number of aromatic nitrogens is 2. The Balaban J connectivity index is 1.87. The Morgan fingerprint density at radius 3 is 2.29 bits per heavy atom. The van der Waals surface area contributed by atoms with Crippen molar-refractivity contribution >= 4 is 6.09 Å². The Kier molecular flexibility index (Phi) is 5.92. The summed E-state index contributed by atoms with van der Waals surface area (Å²) >= 11 is 0. The molecule has 0 bridgehead atoms. The summed E-state index contributed by atoms with van der Waals surface area (Å²) in [6, 6.07) is 9.60. The van der Waals surface area contributed by atoms with Crippen molar-refractivity contribution in [2.45, 2.75) is 39.1 Å². The number of ether oxygens (including phenoxy) is 1. The number of hydrogen-bond acceptors (Lipinski definition) is 5. The van der Waals surface area contributed by atoms with E-state index in [0.717, 1.165) is 6.07 Å². The number of aromatic amines is 1. The number of carbonyl (C=O) groups excluding carboxylic acids is 1. The van der Waals surface area contributed by atoms with Crippen molar-refractivity contribution in [2.75, 3.05) is 0 Å². The highest BCUT2D eigenvalue weighted by atomic mass is 19.4. The van der Waals surface area contributed by atoms with E-state index in [1.54, 1.807) is 32.9 Å². The van der Waals surface area contributed by atoms with Crippen LogP contribution in [0.15, 0.2) is 51.7 Å². The highest BCUT2D eigenvalue weighted by molar-refractivity contribution is 5.74. The number of hydrogen-bond donors (Lipinski definition) is 2. The number of benzene rings is 2. The molecule has 0 fully saturated rings. The predicted molar refractivity (Wildman–Crippen MR) is 106 cm³/mol. The van der Waals surface area contributed by atoms with Crippen molar-refractivity contribution in [3.63, 3.8) is 0 Å². The van der Waals surface area contributed by atoms with Gasteiger partial charge in [-0.15, -0.1) is 5.10 Å². The number of rotatable bonds is 4. The number of nitrogens with zero attached hydrogens (tertiary/aromatic N) is 1. The van der Waals surface area contributed by atoms with Crippen LogP contribution in [0.1, 0.15) is 31.9 Å². The Morgan fingerprint density at radius 1 is 1.10 bits per heavy atom. The maximum absolute atomic E-state index is 13.5. The molecule has 1 aromatic heterocycles. The second-order valence-electron chi connectivity index (χ2n) is 7.73. The lowest BCUT2D eigenvalue weighted by Crippen LogP contribution is -2.32. The van der Waals surface area contributed by atoms with Gasteiger partial charge in [0.25, 0.3) is 0 Å². The van der Waals surface area contributed by atoms with Gasteiger partial charge >= 0.3 is 18.0 Å². The molecular weight excluding hydrogens is 415 g/mol. The number of halogens is 3. The fourth-order valence-corrected chi connectivity index (χ4v) is 2.81. The molecule has 31 heavy (non-hydrogen) atoms. The van der Waals surface area contributed by atoms with Crippen molar-refractivity contribution in [3.8, 4) is 22.6 Å². The van der Waals surface area contributed by atoms with E-state index in [1.165, 1.54) is 24.3 Å². The Bertz CT molecular complexity index is 1130. The van der Waals surface area contributed by atoms with E-state index in [4.69, 9.17) is 9.15 Å². The summed E-state index contributed by atoms with van der Waals surface area (Å²) in [5, 5.41) is 8.32. The maximum atomic E-state index is 13.5. The van der Waals surface area contributed by atoms with Crippen LogP contribution in [0.2, 0.25) is 0 Å². The van der Waals surface area contributed by atoms with Crippen molar-refractivity contribution in [1.29, 1.82) is 0 Å². The molecule has 2 N–H and O–H groups in total. The molecule has 2 aromatic carbocycles. The molecule has 7 nitrogen and oxygen atoms in total. The summed E-state index contributed by atoms with van der Waals surface area (Å²) in [5.41, 5.74) is -0.376. The van der Waals surface area contributed by atoms with Gasteiger partial charge in [0.05, 0.1) is 5.56 Å². The van der Waals surface area contributed by atoms with Gasteiger partial charge < -0.3 is 14.5 Å². The molecule has 0 aliphatic rings. The van der Waals surface area contributed by atoms with E-state index in [1.807, 2.05) is 0 Å². The predicted octanol–water partition coefficient (Wildman–Crippen LogP) is 4.74. The number of carbonyl (C=O) groups is 1. The molecule has 10 heteroatoms. The molecule has 0 spiro atoms. The minimum Gasteiger partial charge on any atom is -0.444 e. The lowest BCUT2D eigenvalue weighted by molar-refractivity contribution is -0.137. The van der Waals surface area contributed by atoms with Gasteiger partial charge in [0.2, 0.25) is 5.89 Å². The second-order valence-corrected chi connectivity index (χ2v) is 7.73. The Labute approximate surface area is 175 Å². The lowest BCUT2D eigenvalue weighted by Gasteiger charge is -2.19. The summed E-state index contributed by atoms with van der Waals surface area (Å²) in [5.74, 6) is -0.920. The van der Waals surface area contributed by atoms with Gasteiger partial charge in [0, 0.05) is 12.1 Å². The first-order chi connectivity index (χ1) is 14.4. The second kappa shape index (κ2) is 8.29. The van der Waals surface area contributed by atoms with Gasteiger partial charge in [-0.05, 0) is 55.7 Å². The molecule has 3 aromatic rings. The smallest absolute Gasteiger partial charge is 0.434 e. The van der Waals surface area contributed by atoms with Crippen molar-refractivity contribution in [1.82, 2.24) is 15.5 Å². The third-order valence-electron chi connectivity index (χ3n) is 4.11. The fourth-order valence-electron chi connectivity index (χ4n) is 2.81. The standard InChI is InChI=1S/C21H20F3N3O4/c1-20(2,3)31-18(28)25-11-12-4-6-13(7-5-12)15-10-14(17-26-27-19(29)30-17)8-9-16(15)21(22,23)24/h4-10H,11H2,1-3H3,(H,25,28)(H,27,29). The number of H-pyrrole nitrogens is 1. The normalized spacial score (nSPS) is 11.9. The minimum atomic E-state index is -4.59. The number of nitrogens with one attached hydrogen (secondary N) is 2. The van der Waals surface area contributed by atoms with E-state index in [0.29, 0.717) is 11.1 Å². The average Bonchev–Trinajstić information content (AvgIpc) is 3.11. The van der Waals surface area contributed by atoms with Gasteiger partial charge in [-0.25, -0.2) is 14.7 Å². The minimum absolute atomic E-state index is 0.0951.